The Labute approximate surface area is 100 Å². The molecule has 0 radical (unpaired) electrons. The van der Waals surface area contributed by atoms with Crippen LogP contribution in [0.1, 0.15) is 5.82 Å². The van der Waals surface area contributed by atoms with Gasteiger partial charge in [0.05, 0.1) is 5.69 Å². The number of aromatic hydroxyl groups is 1. The van der Waals surface area contributed by atoms with Crippen molar-refractivity contribution in [2.45, 2.75) is 6.92 Å². The van der Waals surface area contributed by atoms with E-state index in [-0.39, 0.29) is 5.75 Å². The molecule has 7 heteroatoms. The van der Waals surface area contributed by atoms with Gasteiger partial charge in [-0.3, -0.25) is 0 Å². The molecule has 0 bridgehead atoms. The monoisotopic (exact) mass is 247 g/mol. The second-order valence-corrected chi connectivity index (χ2v) is 4.58. The van der Waals surface area contributed by atoms with E-state index in [0.29, 0.717) is 5.69 Å². The van der Waals surface area contributed by atoms with E-state index in [2.05, 4.69) is 15.3 Å². The highest BCUT2D eigenvalue weighted by molar-refractivity contribution is 7.19. The fourth-order valence-electron chi connectivity index (χ4n) is 1.51. The fraction of sp³-hybridized carbons (Fsp3) is 0.100. The van der Waals surface area contributed by atoms with Crippen LogP contribution in [-0.2, 0) is 0 Å². The summed E-state index contributed by atoms with van der Waals surface area (Å²) in [6.45, 7) is 1.84. The topological polar surface area (TPSA) is 89.3 Å². The Balaban J connectivity index is 2.16. The Morgan fingerprint density at radius 1 is 1.35 bits per heavy atom. The number of benzene rings is 1. The number of aromatic nitrogens is 4. The third kappa shape index (κ3) is 1.51. The van der Waals surface area contributed by atoms with Gasteiger partial charge in [-0.25, -0.2) is 0 Å². The van der Waals surface area contributed by atoms with Crippen LogP contribution in [0.3, 0.4) is 0 Å². The zero-order valence-electron chi connectivity index (χ0n) is 8.95. The number of anilines is 1. The standard InChI is InChI=1S/C10H9N5OS/c1-5-12-13-10-15(5)14-9(17-10)6-2-3-7(11)8(16)4-6/h2-4,16H,11H2,1H3. The number of rotatable bonds is 1. The second-order valence-electron chi connectivity index (χ2n) is 3.62. The summed E-state index contributed by atoms with van der Waals surface area (Å²) in [6.07, 6.45) is 0. The summed E-state index contributed by atoms with van der Waals surface area (Å²) < 4.78 is 1.67. The molecule has 6 nitrogen and oxygen atoms in total. The summed E-state index contributed by atoms with van der Waals surface area (Å²) in [4.78, 5) is 0.730. The molecule has 0 atom stereocenters. The Morgan fingerprint density at radius 3 is 2.88 bits per heavy atom. The van der Waals surface area contributed by atoms with Crippen LogP contribution in [-0.4, -0.2) is 24.9 Å². The van der Waals surface area contributed by atoms with Gasteiger partial charge in [-0.05, 0) is 25.1 Å². The molecule has 1 aromatic carbocycles. The highest BCUT2D eigenvalue weighted by Crippen LogP contribution is 2.30. The van der Waals surface area contributed by atoms with Crippen LogP contribution < -0.4 is 5.73 Å². The molecule has 3 rings (SSSR count). The SMILES string of the molecule is Cc1nnc2sc(-c3ccc(N)c(O)c3)nn12. The largest absolute Gasteiger partial charge is 0.506 e. The highest BCUT2D eigenvalue weighted by atomic mass is 32.1. The normalized spacial score (nSPS) is 11.1. The van der Waals surface area contributed by atoms with Crippen molar-refractivity contribution in [2.75, 3.05) is 5.73 Å². The van der Waals surface area contributed by atoms with Gasteiger partial charge in [0.25, 0.3) is 0 Å². The summed E-state index contributed by atoms with van der Waals surface area (Å²) in [5.74, 6) is 0.798. The summed E-state index contributed by atoms with van der Waals surface area (Å²) >= 11 is 1.41. The zero-order valence-corrected chi connectivity index (χ0v) is 9.77. The summed E-state index contributed by atoms with van der Waals surface area (Å²) in [5.41, 5.74) is 6.72. The predicted molar refractivity (Wildman–Crippen MR) is 64.9 cm³/mol. The smallest absolute Gasteiger partial charge is 0.234 e. The number of nitrogen functional groups attached to an aromatic ring is 1. The minimum absolute atomic E-state index is 0.0604. The minimum Gasteiger partial charge on any atom is -0.506 e. The first-order chi connectivity index (χ1) is 8.15. The lowest BCUT2D eigenvalue weighted by Gasteiger charge is -2.00. The van der Waals surface area contributed by atoms with Crippen LogP contribution in [0.5, 0.6) is 5.75 Å². The Bertz CT molecular complexity index is 702. The third-order valence-corrected chi connectivity index (χ3v) is 3.37. The van der Waals surface area contributed by atoms with Gasteiger partial charge in [-0.1, -0.05) is 11.3 Å². The van der Waals surface area contributed by atoms with E-state index in [4.69, 9.17) is 5.73 Å². The van der Waals surface area contributed by atoms with E-state index in [1.165, 1.54) is 11.3 Å². The summed E-state index contributed by atoms with van der Waals surface area (Å²) in [7, 11) is 0. The van der Waals surface area contributed by atoms with Crippen molar-refractivity contribution in [3.63, 3.8) is 0 Å². The third-order valence-electron chi connectivity index (χ3n) is 2.42. The predicted octanol–water partition coefficient (Wildman–Crippen LogP) is 1.45. The van der Waals surface area contributed by atoms with E-state index in [0.717, 1.165) is 21.4 Å². The molecule has 0 aliphatic carbocycles. The minimum atomic E-state index is 0.0604. The lowest BCUT2D eigenvalue weighted by molar-refractivity contribution is 0.478. The molecule has 0 aliphatic heterocycles. The molecule has 17 heavy (non-hydrogen) atoms. The van der Waals surface area contributed by atoms with Crippen molar-refractivity contribution in [3.05, 3.63) is 24.0 Å². The van der Waals surface area contributed by atoms with Crippen molar-refractivity contribution in [1.82, 2.24) is 19.8 Å². The van der Waals surface area contributed by atoms with Gasteiger partial charge >= 0.3 is 0 Å². The van der Waals surface area contributed by atoms with Crippen molar-refractivity contribution in [3.8, 4) is 16.3 Å². The van der Waals surface area contributed by atoms with E-state index >= 15 is 0 Å². The van der Waals surface area contributed by atoms with Gasteiger partial charge < -0.3 is 10.8 Å². The molecule has 0 amide bonds. The number of nitrogens with zero attached hydrogens (tertiary/aromatic N) is 4. The lowest BCUT2D eigenvalue weighted by Crippen LogP contribution is -1.89. The first-order valence-corrected chi connectivity index (χ1v) is 5.74. The van der Waals surface area contributed by atoms with Crippen LogP contribution in [0, 0.1) is 6.92 Å². The van der Waals surface area contributed by atoms with Crippen molar-refractivity contribution >= 4 is 22.0 Å². The van der Waals surface area contributed by atoms with E-state index in [9.17, 15) is 5.11 Å². The van der Waals surface area contributed by atoms with Gasteiger partial charge in [0.15, 0.2) is 5.82 Å². The first kappa shape index (κ1) is 10.0. The number of phenolic OH excluding ortho intramolecular Hbond substituents is 1. The van der Waals surface area contributed by atoms with E-state index in [1.807, 2.05) is 13.0 Å². The molecule has 3 aromatic rings. The molecule has 0 fully saturated rings. The Hall–Kier alpha value is -2.15. The number of hydrogen-bond donors (Lipinski definition) is 2. The Kier molecular flexibility index (Phi) is 2.02. The van der Waals surface area contributed by atoms with Gasteiger partial charge in [-0.15, -0.1) is 10.2 Å². The van der Waals surface area contributed by atoms with Crippen molar-refractivity contribution in [2.24, 2.45) is 0 Å². The highest BCUT2D eigenvalue weighted by Gasteiger charge is 2.11. The first-order valence-electron chi connectivity index (χ1n) is 4.93. The van der Waals surface area contributed by atoms with Crippen LogP contribution in [0.2, 0.25) is 0 Å². The van der Waals surface area contributed by atoms with Gasteiger partial charge in [0.1, 0.15) is 10.8 Å². The molecule has 0 unspecified atom stereocenters. The van der Waals surface area contributed by atoms with E-state index in [1.54, 1.807) is 16.6 Å². The van der Waals surface area contributed by atoms with Crippen LogP contribution >= 0.6 is 11.3 Å². The molecule has 0 saturated carbocycles. The number of fused-ring (bicyclic) bond motifs is 1. The number of hydrogen-bond acceptors (Lipinski definition) is 6. The number of nitrogens with two attached hydrogens (primary N) is 1. The van der Waals surface area contributed by atoms with Gasteiger partial charge in [-0.2, -0.15) is 9.61 Å². The van der Waals surface area contributed by atoms with Crippen molar-refractivity contribution in [1.29, 1.82) is 0 Å². The Morgan fingerprint density at radius 2 is 2.18 bits per heavy atom. The van der Waals surface area contributed by atoms with Crippen LogP contribution in [0.15, 0.2) is 18.2 Å². The molecule has 2 heterocycles. The van der Waals surface area contributed by atoms with Crippen molar-refractivity contribution < 1.29 is 5.11 Å². The maximum atomic E-state index is 9.56. The molecule has 0 aliphatic rings. The van der Waals surface area contributed by atoms with E-state index < -0.39 is 0 Å². The molecule has 2 aromatic heterocycles. The maximum absolute atomic E-state index is 9.56. The average molecular weight is 247 g/mol. The molecule has 86 valence electrons. The molecule has 0 spiro atoms. The molecule has 3 N–H and O–H groups in total. The molecular weight excluding hydrogens is 238 g/mol. The van der Waals surface area contributed by atoms with Crippen LogP contribution in [0.4, 0.5) is 5.69 Å². The second kappa shape index (κ2) is 3.42. The average Bonchev–Trinajstić information content (AvgIpc) is 2.86. The van der Waals surface area contributed by atoms with Crippen LogP contribution in [0.25, 0.3) is 15.5 Å². The van der Waals surface area contributed by atoms with Gasteiger partial charge in [0, 0.05) is 5.56 Å². The quantitative estimate of drug-likeness (QED) is 0.502. The lowest BCUT2D eigenvalue weighted by atomic mass is 10.2. The molecule has 0 saturated heterocycles. The summed E-state index contributed by atoms with van der Waals surface area (Å²) in [5, 5.41) is 22.6. The zero-order chi connectivity index (χ0) is 12.0. The fourth-order valence-corrected chi connectivity index (χ4v) is 2.39. The number of aryl methyl sites for hydroxylation is 1. The number of phenols is 1. The van der Waals surface area contributed by atoms with Gasteiger partial charge in [0.2, 0.25) is 4.96 Å². The molecular formula is C10H9N5OS. The summed E-state index contributed by atoms with van der Waals surface area (Å²) in [6, 6.07) is 5.06. The maximum Gasteiger partial charge on any atom is 0.234 e.